The molecule has 0 unspecified atom stereocenters. The van der Waals surface area contributed by atoms with Crippen LogP contribution < -0.4 is 9.62 Å². The smallest absolute Gasteiger partial charge is 0.354 e. The van der Waals surface area contributed by atoms with Gasteiger partial charge in [-0.1, -0.05) is 25.4 Å². The van der Waals surface area contributed by atoms with Crippen molar-refractivity contribution < 1.29 is 26.4 Å². The van der Waals surface area contributed by atoms with Crippen LogP contribution in [0.5, 0.6) is 0 Å². The van der Waals surface area contributed by atoms with E-state index in [0.717, 1.165) is 12.3 Å². The third kappa shape index (κ3) is 5.55. The van der Waals surface area contributed by atoms with Crippen LogP contribution in [0.3, 0.4) is 0 Å². The highest BCUT2D eigenvalue weighted by Crippen LogP contribution is 2.38. The van der Waals surface area contributed by atoms with Crippen LogP contribution in [-0.2, 0) is 21.0 Å². The number of hydrogen-bond donors (Lipinski definition) is 1. The van der Waals surface area contributed by atoms with Gasteiger partial charge in [-0.05, 0) is 18.2 Å². The van der Waals surface area contributed by atoms with E-state index in [9.17, 15) is 26.4 Å². The molecule has 0 bridgehead atoms. The van der Waals surface area contributed by atoms with E-state index in [2.05, 4.69) is 5.32 Å². The summed E-state index contributed by atoms with van der Waals surface area (Å²) >= 11 is 5.60. The number of carbonyl (C=O) groups is 1. The van der Waals surface area contributed by atoms with Gasteiger partial charge in [0.2, 0.25) is 15.9 Å². The second kappa shape index (κ2) is 7.60. The summed E-state index contributed by atoms with van der Waals surface area (Å²) in [6.07, 6.45) is -3.98. The molecule has 5 nitrogen and oxygen atoms in total. The highest BCUT2D eigenvalue weighted by molar-refractivity contribution is 7.92. The molecule has 0 saturated carbocycles. The van der Waals surface area contributed by atoms with Gasteiger partial charge >= 0.3 is 6.18 Å². The first-order chi connectivity index (χ1) is 10.8. The molecule has 0 saturated heterocycles. The number of hydrogen-bond acceptors (Lipinski definition) is 3. The summed E-state index contributed by atoms with van der Waals surface area (Å²) in [6, 6.07) is 2.84. The summed E-state index contributed by atoms with van der Waals surface area (Å²) in [6.45, 7) is 2.83. The lowest BCUT2D eigenvalue weighted by atomic mass is 10.1. The zero-order chi connectivity index (χ0) is 18.7. The molecule has 0 aliphatic carbocycles. The SMILES string of the molecule is CC(C)C(=O)NCCN(c1ccc(Cl)cc1C(F)(F)F)S(C)(=O)=O. The van der Waals surface area contributed by atoms with Crippen molar-refractivity contribution in [3.05, 3.63) is 28.8 Å². The van der Waals surface area contributed by atoms with Crippen molar-refractivity contribution >= 4 is 33.2 Å². The van der Waals surface area contributed by atoms with E-state index in [0.29, 0.717) is 10.4 Å². The van der Waals surface area contributed by atoms with Crippen molar-refractivity contribution in [2.75, 3.05) is 23.7 Å². The molecule has 1 rings (SSSR count). The average Bonchev–Trinajstić information content (AvgIpc) is 2.41. The predicted molar refractivity (Wildman–Crippen MR) is 86.5 cm³/mol. The van der Waals surface area contributed by atoms with Gasteiger partial charge < -0.3 is 5.32 Å². The van der Waals surface area contributed by atoms with E-state index in [4.69, 9.17) is 11.6 Å². The van der Waals surface area contributed by atoms with Gasteiger partial charge in [0.1, 0.15) is 0 Å². The van der Waals surface area contributed by atoms with Gasteiger partial charge in [0.15, 0.2) is 0 Å². The van der Waals surface area contributed by atoms with Gasteiger partial charge in [0, 0.05) is 17.5 Å². The molecule has 136 valence electrons. The highest BCUT2D eigenvalue weighted by Gasteiger charge is 2.36. The molecule has 0 atom stereocenters. The standard InChI is InChI=1S/C14H18ClF3N2O3S/c1-9(2)13(21)19-6-7-20(24(3,22)23)12-5-4-10(15)8-11(12)14(16,17)18/h4-5,8-9H,6-7H2,1-3H3,(H,19,21). The van der Waals surface area contributed by atoms with Crippen LogP contribution in [0.25, 0.3) is 0 Å². The fourth-order valence-corrected chi connectivity index (χ4v) is 3.01. The van der Waals surface area contributed by atoms with Crippen LogP contribution in [-0.4, -0.2) is 33.7 Å². The molecule has 24 heavy (non-hydrogen) atoms. The molecule has 1 aromatic carbocycles. The summed E-state index contributed by atoms with van der Waals surface area (Å²) in [4.78, 5) is 11.5. The number of alkyl halides is 3. The van der Waals surface area contributed by atoms with Gasteiger partial charge in [-0.2, -0.15) is 13.2 Å². The van der Waals surface area contributed by atoms with Crippen LogP contribution in [0.1, 0.15) is 19.4 Å². The zero-order valence-corrected chi connectivity index (χ0v) is 14.9. The van der Waals surface area contributed by atoms with Crippen molar-refractivity contribution in [3.63, 3.8) is 0 Å². The third-order valence-corrected chi connectivity index (χ3v) is 4.49. The number of amides is 1. The molecule has 1 amide bonds. The van der Waals surface area contributed by atoms with E-state index < -0.39 is 27.5 Å². The molecule has 1 aromatic rings. The number of halogens is 4. The lowest BCUT2D eigenvalue weighted by molar-refractivity contribution is -0.137. The van der Waals surface area contributed by atoms with Gasteiger partial charge in [-0.15, -0.1) is 0 Å². The average molecular weight is 387 g/mol. The quantitative estimate of drug-likeness (QED) is 0.817. The Morgan fingerprint density at radius 3 is 2.38 bits per heavy atom. The second-order valence-electron chi connectivity index (χ2n) is 5.44. The Labute approximate surface area is 143 Å². The number of anilines is 1. The van der Waals surface area contributed by atoms with Gasteiger partial charge in [-0.3, -0.25) is 9.10 Å². The van der Waals surface area contributed by atoms with E-state index in [1.807, 2.05) is 0 Å². The molecule has 0 aliphatic heterocycles. The molecular weight excluding hydrogens is 369 g/mol. The van der Waals surface area contributed by atoms with Crippen molar-refractivity contribution in [1.82, 2.24) is 5.32 Å². The van der Waals surface area contributed by atoms with Gasteiger partial charge in [0.05, 0.1) is 24.1 Å². The fraction of sp³-hybridized carbons (Fsp3) is 0.500. The normalized spacial score (nSPS) is 12.3. The van der Waals surface area contributed by atoms with E-state index in [1.54, 1.807) is 13.8 Å². The maximum atomic E-state index is 13.2. The number of benzene rings is 1. The number of nitrogens with one attached hydrogen (secondary N) is 1. The van der Waals surface area contributed by atoms with Crippen LogP contribution in [0.4, 0.5) is 18.9 Å². The highest BCUT2D eigenvalue weighted by atomic mass is 35.5. The fourth-order valence-electron chi connectivity index (χ4n) is 1.90. The minimum Gasteiger partial charge on any atom is -0.354 e. The Morgan fingerprint density at radius 2 is 1.92 bits per heavy atom. The van der Waals surface area contributed by atoms with Gasteiger partial charge in [0.25, 0.3) is 0 Å². The Hall–Kier alpha value is -1.48. The second-order valence-corrected chi connectivity index (χ2v) is 7.78. The van der Waals surface area contributed by atoms with Crippen molar-refractivity contribution in [3.8, 4) is 0 Å². The first-order valence-electron chi connectivity index (χ1n) is 6.96. The largest absolute Gasteiger partial charge is 0.418 e. The topological polar surface area (TPSA) is 66.5 Å². The summed E-state index contributed by atoms with van der Waals surface area (Å²) in [5.41, 5.74) is -1.69. The molecule has 0 aliphatic rings. The molecule has 0 radical (unpaired) electrons. The lowest BCUT2D eigenvalue weighted by Gasteiger charge is -2.26. The maximum Gasteiger partial charge on any atom is 0.418 e. The number of carbonyl (C=O) groups excluding carboxylic acids is 1. The van der Waals surface area contributed by atoms with Gasteiger partial charge in [-0.25, -0.2) is 8.42 Å². The Balaban J connectivity index is 3.18. The molecule has 0 fully saturated rings. The molecular formula is C14H18ClF3N2O3S. The Morgan fingerprint density at radius 1 is 1.33 bits per heavy atom. The Bertz CT molecular complexity index is 706. The summed E-state index contributed by atoms with van der Waals surface area (Å²) in [7, 11) is -3.99. The lowest BCUT2D eigenvalue weighted by Crippen LogP contribution is -2.40. The van der Waals surface area contributed by atoms with Crippen LogP contribution >= 0.6 is 11.6 Å². The van der Waals surface area contributed by atoms with Crippen molar-refractivity contribution in [2.45, 2.75) is 20.0 Å². The number of sulfonamides is 1. The van der Waals surface area contributed by atoms with Crippen LogP contribution in [0.15, 0.2) is 18.2 Å². The summed E-state index contributed by atoms with van der Waals surface area (Å²) < 4.78 is 64.0. The number of nitrogens with zero attached hydrogens (tertiary/aromatic N) is 1. The summed E-state index contributed by atoms with van der Waals surface area (Å²) in [5, 5.41) is 2.31. The monoisotopic (exact) mass is 386 g/mol. The predicted octanol–water partition coefficient (Wildman–Crippen LogP) is 2.90. The van der Waals surface area contributed by atoms with Crippen molar-refractivity contribution in [2.24, 2.45) is 5.92 Å². The zero-order valence-electron chi connectivity index (χ0n) is 13.3. The molecule has 1 N–H and O–H groups in total. The van der Waals surface area contributed by atoms with E-state index >= 15 is 0 Å². The molecule has 10 heteroatoms. The first-order valence-corrected chi connectivity index (χ1v) is 9.19. The minimum atomic E-state index is -4.77. The van der Waals surface area contributed by atoms with Crippen LogP contribution in [0, 0.1) is 5.92 Å². The Kier molecular flexibility index (Phi) is 6.52. The molecule has 0 spiro atoms. The maximum absolute atomic E-state index is 13.2. The first kappa shape index (κ1) is 20.6. The number of rotatable bonds is 6. The third-order valence-electron chi connectivity index (χ3n) is 3.07. The summed E-state index contributed by atoms with van der Waals surface area (Å²) in [5.74, 6) is -0.645. The van der Waals surface area contributed by atoms with Crippen molar-refractivity contribution in [1.29, 1.82) is 0 Å². The van der Waals surface area contributed by atoms with E-state index in [-0.39, 0.29) is 29.9 Å². The molecule has 0 aromatic heterocycles. The van der Waals surface area contributed by atoms with Crippen LogP contribution in [0.2, 0.25) is 5.02 Å². The molecule has 0 heterocycles. The minimum absolute atomic E-state index is 0.121. The van der Waals surface area contributed by atoms with E-state index in [1.165, 1.54) is 6.07 Å².